The first kappa shape index (κ1) is 21.5. The van der Waals surface area contributed by atoms with Crippen LogP contribution >= 0.6 is 11.3 Å². The van der Waals surface area contributed by atoms with Crippen LogP contribution in [0.5, 0.6) is 0 Å². The molecular weight excluding hydrogens is 410 g/mol. The second-order valence-electron chi connectivity index (χ2n) is 7.79. The van der Waals surface area contributed by atoms with E-state index >= 15 is 0 Å². The molecule has 0 spiro atoms. The first-order valence-electron chi connectivity index (χ1n) is 10.6. The molecule has 1 fully saturated rings. The molecule has 3 heterocycles. The van der Waals surface area contributed by atoms with Gasteiger partial charge in [-0.25, -0.2) is 14.8 Å². The van der Waals surface area contributed by atoms with Gasteiger partial charge >= 0.3 is 6.03 Å². The molecule has 0 saturated carbocycles. The van der Waals surface area contributed by atoms with E-state index in [9.17, 15) is 4.79 Å². The molecule has 4 rings (SSSR count). The SMILES string of the molecule is CN1CCN(CCCNC(=O)Nc2nc3ccc(N(C)c4ccccc4)nc3s2)CC1. The van der Waals surface area contributed by atoms with E-state index in [1.165, 1.54) is 11.3 Å². The third kappa shape index (κ3) is 5.69. The number of carbonyl (C=O) groups is 1. The number of anilines is 3. The summed E-state index contributed by atoms with van der Waals surface area (Å²) in [6.07, 6.45) is 0.938. The van der Waals surface area contributed by atoms with E-state index in [1.54, 1.807) is 0 Å². The molecule has 0 unspecified atom stereocenters. The Morgan fingerprint density at radius 1 is 1.10 bits per heavy atom. The molecule has 1 aliphatic rings. The Kier molecular flexibility index (Phi) is 6.96. The molecule has 0 radical (unpaired) electrons. The number of fused-ring (bicyclic) bond motifs is 1. The Bertz CT molecular complexity index is 1000. The fraction of sp³-hybridized carbons (Fsp3) is 0.409. The predicted molar refractivity (Wildman–Crippen MR) is 127 cm³/mol. The molecule has 164 valence electrons. The molecule has 1 aromatic carbocycles. The summed E-state index contributed by atoms with van der Waals surface area (Å²) >= 11 is 1.38. The first-order chi connectivity index (χ1) is 15.1. The quantitative estimate of drug-likeness (QED) is 0.551. The van der Waals surface area contributed by atoms with Crippen LogP contribution in [0.15, 0.2) is 42.5 Å². The molecular formula is C22H29N7OS. The summed E-state index contributed by atoms with van der Waals surface area (Å²) in [5.74, 6) is 0.835. The van der Waals surface area contributed by atoms with Gasteiger partial charge in [0.05, 0.1) is 0 Å². The van der Waals surface area contributed by atoms with Crippen LogP contribution in [0, 0.1) is 0 Å². The molecule has 0 bridgehead atoms. The number of thiazole rings is 1. The van der Waals surface area contributed by atoms with Crippen molar-refractivity contribution in [3.63, 3.8) is 0 Å². The first-order valence-corrected chi connectivity index (χ1v) is 11.4. The van der Waals surface area contributed by atoms with Crippen LogP contribution in [-0.2, 0) is 0 Å². The number of hydrogen-bond donors (Lipinski definition) is 2. The van der Waals surface area contributed by atoms with E-state index in [0.29, 0.717) is 11.7 Å². The average molecular weight is 440 g/mol. The van der Waals surface area contributed by atoms with Gasteiger partial charge in [-0.05, 0) is 44.3 Å². The molecule has 0 aliphatic carbocycles. The number of pyridine rings is 1. The van der Waals surface area contributed by atoms with E-state index in [1.807, 2.05) is 54.4 Å². The maximum atomic E-state index is 12.2. The second kappa shape index (κ2) is 10.0. The summed E-state index contributed by atoms with van der Waals surface area (Å²) in [6.45, 7) is 6.08. The maximum absolute atomic E-state index is 12.2. The number of urea groups is 1. The van der Waals surface area contributed by atoms with Crippen LogP contribution in [0.2, 0.25) is 0 Å². The minimum absolute atomic E-state index is 0.223. The number of piperazine rings is 1. The fourth-order valence-corrected chi connectivity index (χ4v) is 4.38. The lowest BCUT2D eigenvalue weighted by Gasteiger charge is -2.32. The molecule has 3 aromatic rings. The highest BCUT2D eigenvalue weighted by molar-refractivity contribution is 7.22. The lowest BCUT2D eigenvalue weighted by Crippen LogP contribution is -2.45. The van der Waals surface area contributed by atoms with Gasteiger partial charge in [-0.2, -0.15) is 0 Å². The van der Waals surface area contributed by atoms with Crippen molar-refractivity contribution in [3.05, 3.63) is 42.5 Å². The normalized spacial score (nSPS) is 15.2. The number of rotatable bonds is 7. The van der Waals surface area contributed by atoms with Crippen molar-refractivity contribution in [2.75, 3.05) is 63.6 Å². The molecule has 9 heteroatoms. The Balaban J connectivity index is 1.28. The number of aromatic nitrogens is 2. The number of carbonyl (C=O) groups excluding carboxylic acids is 1. The van der Waals surface area contributed by atoms with Crippen LogP contribution in [-0.4, -0.2) is 79.2 Å². The highest BCUT2D eigenvalue weighted by atomic mass is 32.1. The van der Waals surface area contributed by atoms with Crippen LogP contribution in [0.1, 0.15) is 6.42 Å². The van der Waals surface area contributed by atoms with Crippen LogP contribution in [0.25, 0.3) is 10.3 Å². The van der Waals surface area contributed by atoms with Gasteiger partial charge in [0.15, 0.2) is 5.13 Å². The van der Waals surface area contributed by atoms with Gasteiger partial charge in [0.1, 0.15) is 16.2 Å². The number of likely N-dealkylation sites (N-methyl/N-ethyl adjacent to an activating group) is 1. The van der Waals surface area contributed by atoms with Gasteiger partial charge in [0, 0.05) is 45.5 Å². The summed E-state index contributed by atoms with van der Waals surface area (Å²) in [5.41, 5.74) is 1.84. The average Bonchev–Trinajstić information content (AvgIpc) is 3.19. The van der Waals surface area contributed by atoms with Crippen molar-refractivity contribution in [1.29, 1.82) is 0 Å². The molecule has 2 amide bonds. The predicted octanol–water partition coefficient (Wildman–Crippen LogP) is 3.22. The fourth-order valence-electron chi connectivity index (χ4n) is 3.55. The molecule has 2 N–H and O–H groups in total. The number of amides is 2. The van der Waals surface area contributed by atoms with Gasteiger partial charge in [-0.3, -0.25) is 5.32 Å². The number of nitrogens with zero attached hydrogens (tertiary/aromatic N) is 5. The van der Waals surface area contributed by atoms with Gasteiger partial charge in [-0.1, -0.05) is 29.5 Å². The summed E-state index contributed by atoms with van der Waals surface area (Å²) in [7, 11) is 4.14. The highest BCUT2D eigenvalue weighted by Crippen LogP contribution is 2.28. The minimum Gasteiger partial charge on any atom is -0.338 e. The lowest BCUT2D eigenvalue weighted by atomic mass is 10.3. The molecule has 2 aromatic heterocycles. The van der Waals surface area contributed by atoms with Crippen molar-refractivity contribution in [1.82, 2.24) is 25.1 Å². The van der Waals surface area contributed by atoms with Gasteiger partial charge in [-0.15, -0.1) is 0 Å². The maximum Gasteiger partial charge on any atom is 0.321 e. The third-order valence-electron chi connectivity index (χ3n) is 5.48. The van der Waals surface area contributed by atoms with E-state index < -0.39 is 0 Å². The van der Waals surface area contributed by atoms with Crippen molar-refractivity contribution in [2.24, 2.45) is 0 Å². The molecule has 8 nitrogen and oxygen atoms in total. The minimum atomic E-state index is -0.223. The third-order valence-corrected chi connectivity index (χ3v) is 6.36. The van der Waals surface area contributed by atoms with E-state index in [2.05, 4.69) is 32.5 Å². The van der Waals surface area contributed by atoms with Gasteiger partial charge in [0.2, 0.25) is 0 Å². The van der Waals surface area contributed by atoms with Crippen molar-refractivity contribution in [2.45, 2.75) is 6.42 Å². The van der Waals surface area contributed by atoms with Gasteiger partial charge < -0.3 is 20.0 Å². The zero-order valence-corrected chi connectivity index (χ0v) is 18.9. The molecule has 1 aliphatic heterocycles. The number of benzene rings is 1. The zero-order chi connectivity index (χ0) is 21.6. The Morgan fingerprint density at radius 3 is 2.65 bits per heavy atom. The largest absolute Gasteiger partial charge is 0.338 e. The van der Waals surface area contributed by atoms with Crippen LogP contribution in [0.3, 0.4) is 0 Å². The van der Waals surface area contributed by atoms with Crippen molar-refractivity contribution in [3.8, 4) is 0 Å². The summed E-state index contributed by atoms with van der Waals surface area (Å²) in [6, 6.07) is 13.7. The van der Waals surface area contributed by atoms with Gasteiger partial charge in [0.25, 0.3) is 0 Å². The summed E-state index contributed by atoms with van der Waals surface area (Å²) in [5, 5.41) is 6.32. The van der Waals surface area contributed by atoms with E-state index in [4.69, 9.17) is 4.98 Å². The second-order valence-corrected chi connectivity index (χ2v) is 8.76. The number of nitrogens with one attached hydrogen (secondary N) is 2. The summed E-state index contributed by atoms with van der Waals surface area (Å²) < 4.78 is 0. The number of para-hydroxylation sites is 1. The lowest BCUT2D eigenvalue weighted by molar-refractivity contribution is 0.153. The zero-order valence-electron chi connectivity index (χ0n) is 18.0. The van der Waals surface area contributed by atoms with Crippen molar-refractivity contribution >= 4 is 44.4 Å². The Labute approximate surface area is 186 Å². The van der Waals surface area contributed by atoms with Crippen molar-refractivity contribution < 1.29 is 4.79 Å². The van der Waals surface area contributed by atoms with E-state index in [0.717, 1.165) is 61.0 Å². The monoisotopic (exact) mass is 439 g/mol. The highest BCUT2D eigenvalue weighted by Gasteiger charge is 2.14. The summed E-state index contributed by atoms with van der Waals surface area (Å²) in [4.78, 5) is 29.1. The van der Waals surface area contributed by atoms with Crippen LogP contribution in [0.4, 0.5) is 21.4 Å². The number of hydrogen-bond acceptors (Lipinski definition) is 7. The smallest absolute Gasteiger partial charge is 0.321 e. The molecule has 31 heavy (non-hydrogen) atoms. The Morgan fingerprint density at radius 2 is 1.87 bits per heavy atom. The molecule has 0 atom stereocenters. The molecule has 1 saturated heterocycles. The van der Waals surface area contributed by atoms with E-state index in [-0.39, 0.29) is 6.03 Å². The van der Waals surface area contributed by atoms with Crippen LogP contribution < -0.4 is 15.5 Å². The standard InChI is InChI=1S/C22H29N7OS/c1-27-13-15-29(16-14-27)12-6-11-23-21(30)26-22-24-18-9-10-19(25-20(18)31-22)28(2)17-7-4-3-5-8-17/h3-5,7-10H,6,11-16H2,1-2H3,(H2,23,24,26,30). The topological polar surface area (TPSA) is 76.6 Å². The Hall–Kier alpha value is -2.75.